The average Bonchev–Trinajstić information content (AvgIpc) is 2.53. The molecule has 1 fully saturated rings. The van der Waals surface area contributed by atoms with Gasteiger partial charge in [-0.2, -0.15) is 0 Å². The Balaban J connectivity index is 2.52. The summed E-state index contributed by atoms with van der Waals surface area (Å²) in [5.41, 5.74) is 0.315. The average molecular weight is 200 g/mol. The molecule has 0 amide bonds. The van der Waals surface area contributed by atoms with Gasteiger partial charge in [0.15, 0.2) is 0 Å². The lowest BCUT2D eigenvalue weighted by atomic mass is 10.3. The van der Waals surface area contributed by atoms with Crippen molar-refractivity contribution in [3.8, 4) is 0 Å². The van der Waals surface area contributed by atoms with Gasteiger partial charge in [-0.05, 0) is 6.92 Å². The van der Waals surface area contributed by atoms with Gasteiger partial charge in [0.1, 0.15) is 6.67 Å². The van der Waals surface area contributed by atoms with Crippen LogP contribution in [0.1, 0.15) is 13.8 Å². The Kier molecular flexibility index (Phi) is 3.25. The van der Waals surface area contributed by atoms with Gasteiger partial charge in [-0.1, -0.05) is 6.58 Å². The summed E-state index contributed by atoms with van der Waals surface area (Å²) >= 11 is 0. The van der Waals surface area contributed by atoms with E-state index in [4.69, 9.17) is 4.74 Å². The summed E-state index contributed by atoms with van der Waals surface area (Å²) in [4.78, 5) is 11.2. The minimum absolute atomic E-state index is 0.296. The predicted molar refractivity (Wildman–Crippen MR) is 51.7 cm³/mol. The summed E-state index contributed by atoms with van der Waals surface area (Å²) in [6, 6.07) is 0. The number of carbonyl (C=O) groups excluding carboxylic acids is 1. The van der Waals surface area contributed by atoms with E-state index in [0.717, 1.165) is 0 Å². The quantitative estimate of drug-likeness (QED) is 0.308. The first-order valence-electron chi connectivity index (χ1n) is 4.61. The smallest absolute Gasteiger partial charge is 0.337 e. The van der Waals surface area contributed by atoms with E-state index in [0.29, 0.717) is 25.3 Å². The number of quaternary nitrogens is 1. The molecule has 1 N–H and O–H groups in total. The number of nitrogens with zero attached hydrogens (tertiary/aromatic N) is 1. The van der Waals surface area contributed by atoms with Crippen molar-refractivity contribution in [1.82, 2.24) is 5.32 Å². The molecule has 80 valence electrons. The topological polar surface area (TPSA) is 61.4 Å². The normalized spacial score (nSPS) is 28.5. The van der Waals surface area contributed by atoms with Crippen molar-refractivity contribution in [2.75, 3.05) is 19.8 Å². The second kappa shape index (κ2) is 4.08. The SMILES string of the molecule is C=C(C)C(=O)OC(C)[N+]1([O-])CCNC1. The zero-order valence-electron chi connectivity index (χ0n) is 8.58. The molecule has 2 unspecified atom stereocenters. The fourth-order valence-corrected chi connectivity index (χ4v) is 1.28. The molecule has 0 saturated carbocycles. The van der Waals surface area contributed by atoms with Gasteiger partial charge in [0.2, 0.25) is 6.23 Å². The van der Waals surface area contributed by atoms with Gasteiger partial charge in [0, 0.05) is 12.5 Å². The summed E-state index contributed by atoms with van der Waals surface area (Å²) in [6.45, 7) is 8.03. The minimum Gasteiger partial charge on any atom is -0.629 e. The number of hydrogen-bond donors (Lipinski definition) is 1. The maximum absolute atomic E-state index is 11.9. The zero-order chi connectivity index (χ0) is 10.8. The Hall–Kier alpha value is -0.910. The summed E-state index contributed by atoms with van der Waals surface area (Å²) in [5, 5.41) is 14.9. The summed E-state index contributed by atoms with van der Waals surface area (Å²) in [6.07, 6.45) is -0.672. The van der Waals surface area contributed by atoms with Crippen molar-refractivity contribution in [3.63, 3.8) is 0 Å². The molecule has 0 spiro atoms. The van der Waals surface area contributed by atoms with Crippen molar-refractivity contribution in [2.24, 2.45) is 0 Å². The second-order valence-electron chi connectivity index (χ2n) is 3.62. The van der Waals surface area contributed by atoms with Crippen molar-refractivity contribution >= 4 is 5.97 Å². The molecule has 5 heteroatoms. The summed E-state index contributed by atoms with van der Waals surface area (Å²) in [7, 11) is 0. The molecule has 1 aliphatic heterocycles. The Morgan fingerprint density at radius 2 is 2.36 bits per heavy atom. The van der Waals surface area contributed by atoms with Crippen LogP contribution in [0.5, 0.6) is 0 Å². The first-order valence-corrected chi connectivity index (χ1v) is 4.61. The van der Waals surface area contributed by atoms with Crippen LogP contribution in [0.3, 0.4) is 0 Å². The Bertz CT molecular complexity index is 246. The Morgan fingerprint density at radius 1 is 1.71 bits per heavy atom. The molecular weight excluding hydrogens is 184 g/mol. The van der Waals surface area contributed by atoms with E-state index in [1.807, 2.05) is 0 Å². The first-order chi connectivity index (χ1) is 6.46. The van der Waals surface area contributed by atoms with E-state index in [1.54, 1.807) is 13.8 Å². The predicted octanol–water partition coefficient (Wildman–Crippen LogP) is 0.327. The van der Waals surface area contributed by atoms with Gasteiger partial charge in [-0.25, -0.2) is 4.79 Å². The first kappa shape index (κ1) is 11.2. The lowest BCUT2D eigenvalue weighted by Crippen LogP contribution is -2.50. The van der Waals surface area contributed by atoms with Crippen LogP contribution in [0, 0.1) is 5.21 Å². The highest BCUT2D eigenvalue weighted by Crippen LogP contribution is 2.15. The molecule has 0 bridgehead atoms. The number of carbonyl (C=O) groups is 1. The van der Waals surface area contributed by atoms with Crippen LogP contribution in [0.25, 0.3) is 0 Å². The van der Waals surface area contributed by atoms with Gasteiger partial charge in [-0.15, -0.1) is 0 Å². The van der Waals surface area contributed by atoms with Gasteiger partial charge < -0.3 is 14.6 Å². The molecule has 0 aromatic rings. The number of rotatable bonds is 3. The maximum Gasteiger partial charge on any atom is 0.337 e. The molecule has 0 radical (unpaired) electrons. The van der Waals surface area contributed by atoms with Crippen molar-refractivity contribution in [2.45, 2.75) is 20.1 Å². The molecule has 5 nitrogen and oxygen atoms in total. The fourth-order valence-electron chi connectivity index (χ4n) is 1.28. The lowest BCUT2D eigenvalue weighted by molar-refractivity contribution is -0.912. The van der Waals surface area contributed by atoms with E-state index in [2.05, 4.69) is 11.9 Å². The van der Waals surface area contributed by atoms with Gasteiger partial charge in [0.25, 0.3) is 0 Å². The molecule has 0 aromatic heterocycles. The van der Waals surface area contributed by atoms with Gasteiger partial charge in [0.05, 0.1) is 13.1 Å². The number of esters is 1. The van der Waals surface area contributed by atoms with Crippen molar-refractivity contribution in [3.05, 3.63) is 17.4 Å². The molecule has 14 heavy (non-hydrogen) atoms. The van der Waals surface area contributed by atoms with Crippen molar-refractivity contribution in [1.29, 1.82) is 0 Å². The van der Waals surface area contributed by atoms with Crippen LogP contribution in [-0.2, 0) is 9.53 Å². The van der Waals surface area contributed by atoms with Gasteiger partial charge >= 0.3 is 5.97 Å². The second-order valence-corrected chi connectivity index (χ2v) is 3.62. The highest BCUT2D eigenvalue weighted by atomic mass is 16.6. The fraction of sp³-hybridized carbons (Fsp3) is 0.667. The van der Waals surface area contributed by atoms with Crippen LogP contribution in [0.4, 0.5) is 0 Å². The summed E-state index contributed by atoms with van der Waals surface area (Å²) in [5.74, 6) is -0.502. The van der Waals surface area contributed by atoms with Crippen LogP contribution in [-0.4, -0.2) is 36.6 Å². The van der Waals surface area contributed by atoms with E-state index >= 15 is 0 Å². The lowest BCUT2D eigenvalue weighted by Gasteiger charge is -2.41. The molecular formula is C9H16N2O3. The van der Waals surface area contributed by atoms with E-state index < -0.39 is 16.8 Å². The third kappa shape index (κ3) is 2.31. The highest BCUT2D eigenvalue weighted by Gasteiger charge is 2.31. The van der Waals surface area contributed by atoms with Crippen LogP contribution >= 0.6 is 0 Å². The number of ether oxygens (including phenoxy) is 1. The molecule has 2 atom stereocenters. The monoisotopic (exact) mass is 200 g/mol. The van der Waals surface area contributed by atoms with E-state index in [-0.39, 0.29) is 0 Å². The van der Waals surface area contributed by atoms with Crippen LogP contribution in [0.15, 0.2) is 12.2 Å². The molecule has 0 aromatic carbocycles. The summed E-state index contributed by atoms with van der Waals surface area (Å²) < 4.78 is 4.47. The number of hydroxylamine groups is 3. The Labute approximate surface area is 83.5 Å². The van der Waals surface area contributed by atoms with E-state index in [9.17, 15) is 10.0 Å². The molecule has 1 aliphatic rings. The maximum atomic E-state index is 11.9. The number of nitrogens with one attached hydrogen (secondary N) is 1. The van der Waals surface area contributed by atoms with Gasteiger partial charge in [-0.3, -0.25) is 5.32 Å². The van der Waals surface area contributed by atoms with Crippen LogP contribution < -0.4 is 5.32 Å². The minimum atomic E-state index is -0.672. The van der Waals surface area contributed by atoms with E-state index in [1.165, 1.54) is 0 Å². The van der Waals surface area contributed by atoms with Crippen molar-refractivity contribution < 1.29 is 14.2 Å². The third-order valence-corrected chi connectivity index (χ3v) is 2.34. The highest BCUT2D eigenvalue weighted by molar-refractivity contribution is 5.86. The molecule has 1 heterocycles. The Morgan fingerprint density at radius 3 is 2.79 bits per heavy atom. The molecule has 0 aliphatic carbocycles. The standard InChI is InChI=1S/C9H16N2O3/c1-7(2)9(12)14-8(3)11(13)5-4-10-6-11/h8,10H,1,4-6H2,2-3H3. The zero-order valence-corrected chi connectivity index (χ0v) is 8.58. The van der Waals surface area contributed by atoms with Crippen LogP contribution in [0.2, 0.25) is 0 Å². The number of hydrogen-bond acceptors (Lipinski definition) is 4. The third-order valence-electron chi connectivity index (χ3n) is 2.34. The largest absolute Gasteiger partial charge is 0.629 e. The molecule has 1 rings (SSSR count). The molecule has 1 saturated heterocycles.